The average molecular weight is 433 g/mol. The fourth-order valence-electron chi connectivity index (χ4n) is 3.29. The molecule has 8 nitrogen and oxygen atoms in total. The van der Waals surface area contributed by atoms with Crippen LogP contribution in [-0.2, 0) is 0 Å². The summed E-state index contributed by atoms with van der Waals surface area (Å²) < 4.78 is 42.7. The number of halogens is 2. The smallest absolute Gasteiger partial charge is 0.404 e. The second-order valence-corrected chi connectivity index (χ2v) is 7.63. The van der Waals surface area contributed by atoms with Gasteiger partial charge in [0.2, 0.25) is 11.8 Å². The van der Waals surface area contributed by atoms with Gasteiger partial charge in [-0.15, -0.1) is 0 Å². The fraction of sp³-hybridized carbons (Fsp3) is 0.381. The minimum absolute atomic E-state index is 0.135. The van der Waals surface area contributed by atoms with E-state index in [-0.39, 0.29) is 38.0 Å². The van der Waals surface area contributed by atoms with Crippen LogP contribution in [-0.4, -0.2) is 46.3 Å². The molecule has 0 radical (unpaired) electrons. The highest BCUT2D eigenvalue weighted by atomic mass is 19.3. The summed E-state index contributed by atoms with van der Waals surface area (Å²) in [5.74, 6) is -1.36. The predicted molar refractivity (Wildman–Crippen MR) is 107 cm³/mol. The van der Waals surface area contributed by atoms with Crippen molar-refractivity contribution in [1.29, 1.82) is 0 Å². The minimum Gasteiger partial charge on any atom is -0.493 e. The van der Waals surface area contributed by atoms with E-state index in [9.17, 15) is 13.6 Å². The van der Waals surface area contributed by atoms with E-state index < -0.39 is 12.0 Å². The van der Waals surface area contributed by atoms with Gasteiger partial charge in [0, 0.05) is 24.8 Å². The van der Waals surface area contributed by atoms with Crippen molar-refractivity contribution in [3.05, 3.63) is 36.5 Å². The van der Waals surface area contributed by atoms with Crippen molar-refractivity contribution in [3.63, 3.8) is 0 Å². The number of fused-ring (bicyclic) bond motifs is 1. The Morgan fingerprint density at radius 3 is 2.74 bits per heavy atom. The number of hydrogen-bond donors (Lipinski definition) is 2. The maximum Gasteiger partial charge on any atom is 0.404 e. The van der Waals surface area contributed by atoms with Crippen LogP contribution in [0.4, 0.5) is 13.6 Å². The number of alkyl halides is 2. The van der Waals surface area contributed by atoms with Gasteiger partial charge in [-0.3, -0.25) is 0 Å². The van der Waals surface area contributed by atoms with Gasteiger partial charge >= 0.3 is 6.09 Å². The molecule has 1 amide bonds. The normalized spacial score (nSPS) is 16.5. The molecular weight excluding hydrogens is 412 g/mol. The molecule has 1 aliphatic carbocycles. The van der Waals surface area contributed by atoms with Crippen LogP contribution in [0.3, 0.4) is 0 Å². The number of aromatic nitrogens is 2. The lowest BCUT2D eigenvalue weighted by Gasteiger charge is -2.34. The second kappa shape index (κ2) is 8.37. The van der Waals surface area contributed by atoms with Crippen molar-refractivity contribution in [2.24, 2.45) is 5.92 Å². The summed E-state index contributed by atoms with van der Waals surface area (Å²) >= 11 is 0. The molecular formula is C21H21F2N3O5. The predicted octanol–water partition coefficient (Wildman–Crippen LogP) is 4.35. The number of benzene rings is 1. The van der Waals surface area contributed by atoms with Gasteiger partial charge in [0.15, 0.2) is 5.58 Å². The lowest BCUT2D eigenvalue weighted by atomic mass is 9.82. The number of ether oxygens (including phenoxy) is 2. The van der Waals surface area contributed by atoms with Gasteiger partial charge in [-0.05, 0) is 31.2 Å². The molecule has 0 bridgehead atoms. The third kappa shape index (κ3) is 5.19. The first-order chi connectivity index (χ1) is 14.8. The molecule has 1 aromatic carbocycles. The number of amides is 1. The SMILES string of the molecule is C[C@@H](COc1ccc(-c2nc3ccc(OCC4CC(F)(F)C4)cc3o2)nc1)NC(=O)O. The third-order valence-electron chi connectivity index (χ3n) is 4.85. The molecule has 3 aromatic rings. The summed E-state index contributed by atoms with van der Waals surface area (Å²) in [6, 6.07) is 8.14. The molecule has 31 heavy (non-hydrogen) atoms. The summed E-state index contributed by atoms with van der Waals surface area (Å²) in [5, 5.41) is 11.0. The van der Waals surface area contributed by atoms with Gasteiger partial charge in [-0.2, -0.15) is 0 Å². The zero-order valence-corrected chi connectivity index (χ0v) is 16.7. The van der Waals surface area contributed by atoms with Gasteiger partial charge in [0.1, 0.15) is 29.3 Å². The highest BCUT2D eigenvalue weighted by Gasteiger charge is 2.45. The number of nitrogens with one attached hydrogen (secondary N) is 1. The van der Waals surface area contributed by atoms with E-state index in [1.165, 1.54) is 6.20 Å². The average Bonchev–Trinajstić information content (AvgIpc) is 3.12. The van der Waals surface area contributed by atoms with Gasteiger partial charge in [-0.1, -0.05) is 0 Å². The molecule has 1 atom stereocenters. The first-order valence-electron chi connectivity index (χ1n) is 9.77. The van der Waals surface area contributed by atoms with Crippen molar-refractivity contribution in [1.82, 2.24) is 15.3 Å². The maximum absolute atomic E-state index is 12.9. The van der Waals surface area contributed by atoms with Crippen molar-refractivity contribution in [2.75, 3.05) is 13.2 Å². The molecule has 1 saturated carbocycles. The molecule has 0 spiro atoms. The molecule has 2 aromatic heterocycles. The topological polar surface area (TPSA) is 107 Å². The number of carboxylic acid groups (broad SMARTS) is 1. The van der Waals surface area contributed by atoms with Crippen LogP contribution in [0.1, 0.15) is 19.8 Å². The van der Waals surface area contributed by atoms with Crippen molar-refractivity contribution < 1.29 is 32.6 Å². The molecule has 10 heteroatoms. The number of carbonyl (C=O) groups is 1. The molecule has 2 heterocycles. The van der Waals surface area contributed by atoms with Crippen LogP contribution in [0.15, 0.2) is 40.9 Å². The number of pyridine rings is 1. The van der Waals surface area contributed by atoms with Crippen molar-refractivity contribution in [2.45, 2.75) is 31.7 Å². The maximum atomic E-state index is 12.9. The quantitative estimate of drug-likeness (QED) is 0.544. The summed E-state index contributed by atoms with van der Waals surface area (Å²) in [5.41, 5.74) is 1.62. The lowest BCUT2D eigenvalue weighted by molar-refractivity contribution is -0.119. The third-order valence-corrected chi connectivity index (χ3v) is 4.85. The fourth-order valence-corrected chi connectivity index (χ4v) is 3.29. The van der Waals surface area contributed by atoms with Crippen molar-refractivity contribution >= 4 is 17.2 Å². The van der Waals surface area contributed by atoms with Crippen LogP contribution < -0.4 is 14.8 Å². The summed E-state index contributed by atoms with van der Waals surface area (Å²) in [6.07, 6.45) is 0.115. The first kappa shape index (κ1) is 20.8. The minimum atomic E-state index is -2.56. The zero-order chi connectivity index (χ0) is 22.0. The highest BCUT2D eigenvalue weighted by Crippen LogP contribution is 2.42. The van der Waals surface area contributed by atoms with E-state index >= 15 is 0 Å². The molecule has 0 saturated heterocycles. The Kier molecular flexibility index (Phi) is 5.62. The second-order valence-electron chi connectivity index (χ2n) is 7.63. The molecule has 2 N–H and O–H groups in total. The van der Waals surface area contributed by atoms with E-state index in [1.54, 1.807) is 37.3 Å². The van der Waals surface area contributed by atoms with Crippen LogP contribution in [0.25, 0.3) is 22.7 Å². The standard InChI is InChI=1S/C21H21F2N3O5/c1-12(25-20(27)28)10-29-15-3-5-17(24-9-15)19-26-16-4-2-14(6-18(16)31-19)30-11-13-7-21(22,23)8-13/h2-6,9,12-13,25H,7-8,10-11H2,1H3,(H,27,28)/t12-/m0/s1. The van der Waals surface area contributed by atoms with E-state index in [4.69, 9.17) is 19.0 Å². The van der Waals surface area contributed by atoms with Gasteiger partial charge in [0.25, 0.3) is 0 Å². The van der Waals surface area contributed by atoms with Crippen LogP contribution >= 0.6 is 0 Å². The monoisotopic (exact) mass is 433 g/mol. The van der Waals surface area contributed by atoms with E-state index in [0.29, 0.717) is 34.2 Å². The number of hydrogen-bond acceptors (Lipinski definition) is 6. The van der Waals surface area contributed by atoms with Crippen LogP contribution in [0.2, 0.25) is 0 Å². The Morgan fingerprint density at radius 1 is 1.29 bits per heavy atom. The van der Waals surface area contributed by atoms with Gasteiger partial charge in [-0.25, -0.2) is 23.5 Å². The number of nitrogens with zero attached hydrogens (tertiary/aromatic N) is 2. The lowest BCUT2D eigenvalue weighted by Crippen LogP contribution is -2.38. The van der Waals surface area contributed by atoms with E-state index in [1.807, 2.05) is 0 Å². The van der Waals surface area contributed by atoms with E-state index in [0.717, 1.165) is 0 Å². The number of oxazole rings is 1. The summed E-state index contributed by atoms with van der Waals surface area (Å²) in [4.78, 5) is 19.3. The number of rotatable bonds is 8. The van der Waals surface area contributed by atoms with E-state index in [2.05, 4.69) is 15.3 Å². The van der Waals surface area contributed by atoms with Crippen molar-refractivity contribution in [3.8, 4) is 23.1 Å². The molecule has 1 aliphatic rings. The van der Waals surface area contributed by atoms with Crippen LogP contribution in [0.5, 0.6) is 11.5 Å². The van der Waals surface area contributed by atoms with Crippen LogP contribution in [0, 0.1) is 5.92 Å². The highest BCUT2D eigenvalue weighted by molar-refractivity contribution is 5.77. The Balaban J connectivity index is 1.37. The summed E-state index contributed by atoms with van der Waals surface area (Å²) in [6.45, 7) is 2.09. The molecule has 0 unspecified atom stereocenters. The molecule has 4 rings (SSSR count). The molecule has 164 valence electrons. The largest absolute Gasteiger partial charge is 0.493 e. The molecule has 0 aliphatic heterocycles. The Bertz CT molecular complexity index is 1060. The summed E-state index contributed by atoms with van der Waals surface area (Å²) in [7, 11) is 0. The Hall–Kier alpha value is -3.43. The Labute approximate surface area is 176 Å². The molecule has 1 fully saturated rings. The Morgan fingerprint density at radius 2 is 2.06 bits per heavy atom. The van der Waals surface area contributed by atoms with Gasteiger partial charge < -0.3 is 24.3 Å². The first-order valence-corrected chi connectivity index (χ1v) is 9.77. The van der Waals surface area contributed by atoms with Gasteiger partial charge in [0.05, 0.1) is 18.8 Å². The zero-order valence-electron chi connectivity index (χ0n) is 16.7.